The number of aromatic nitrogens is 3. The molecule has 1 saturated heterocycles. The number of carbonyl (C=O) groups excluding carboxylic acids is 1. The molecule has 1 aromatic carbocycles. The minimum absolute atomic E-state index is 0.0410. The van der Waals surface area contributed by atoms with Crippen molar-refractivity contribution >= 4 is 6.03 Å². The molecule has 25 heavy (non-hydrogen) atoms. The van der Waals surface area contributed by atoms with Crippen molar-refractivity contribution < 1.29 is 9.53 Å². The van der Waals surface area contributed by atoms with Crippen molar-refractivity contribution in [2.24, 2.45) is 0 Å². The van der Waals surface area contributed by atoms with Gasteiger partial charge in [-0.2, -0.15) is 0 Å². The molecule has 3 heterocycles. The van der Waals surface area contributed by atoms with E-state index in [1.54, 1.807) is 7.11 Å². The third-order valence-corrected chi connectivity index (χ3v) is 5.08. The lowest BCUT2D eigenvalue weighted by atomic mass is 10.0. The largest absolute Gasteiger partial charge is 0.497 e. The highest BCUT2D eigenvalue weighted by Crippen LogP contribution is 2.33. The first-order valence-electron chi connectivity index (χ1n) is 8.85. The minimum Gasteiger partial charge on any atom is -0.497 e. The van der Waals surface area contributed by atoms with Crippen LogP contribution in [0.1, 0.15) is 42.5 Å². The number of carbonyl (C=O) groups is 1. The van der Waals surface area contributed by atoms with Crippen LogP contribution < -0.4 is 10.1 Å². The summed E-state index contributed by atoms with van der Waals surface area (Å²) in [7, 11) is 1.66. The molecule has 2 aromatic rings. The Bertz CT molecular complexity index is 773. The van der Waals surface area contributed by atoms with Gasteiger partial charge in [0, 0.05) is 19.5 Å². The molecule has 1 fully saturated rings. The van der Waals surface area contributed by atoms with Crippen LogP contribution >= 0.6 is 0 Å². The average Bonchev–Trinajstić information content (AvgIpc) is 3.36. The second kappa shape index (κ2) is 6.74. The Morgan fingerprint density at radius 1 is 1.32 bits per heavy atom. The molecule has 7 heteroatoms. The second-order valence-electron chi connectivity index (χ2n) is 6.57. The van der Waals surface area contributed by atoms with Gasteiger partial charge in [0.25, 0.3) is 0 Å². The van der Waals surface area contributed by atoms with Crippen LogP contribution in [0.4, 0.5) is 4.79 Å². The van der Waals surface area contributed by atoms with Crippen LogP contribution in [0.25, 0.3) is 0 Å². The Morgan fingerprint density at radius 3 is 3.12 bits per heavy atom. The van der Waals surface area contributed by atoms with Gasteiger partial charge in [0.15, 0.2) is 5.82 Å². The van der Waals surface area contributed by atoms with E-state index in [9.17, 15) is 4.79 Å². The first-order chi connectivity index (χ1) is 12.3. The molecule has 4 rings (SSSR count). The highest BCUT2D eigenvalue weighted by Gasteiger charge is 2.30. The molecule has 0 bridgehead atoms. The van der Waals surface area contributed by atoms with Crippen molar-refractivity contribution in [1.82, 2.24) is 25.0 Å². The van der Waals surface area contributed by atoms with E-state index in [0.717, 1.165) is 61.7 Å². The summed E-state index contributed by atoms with van der Waals surface area (Å²) >= 11 is 0. The van der Waals surface area contributed by atoms with Crippen molar-refractivity contribution in [3.05, 3.63) is 41.5 Å². The summed E-state index contributed by atoms with van der Waals surface area (Å²) in [5, 5.41) is 11.4. The van der Waals surface area contributed by atoms with Gasteiger partial charge in [-0.05, 0) is 37.0 Å². The molecule has 0 saturated carbocycles. The third kappa shape index (κ3) is 3.06. The molecule has 1 N–H and O–H groups in total. The van der Waals surface area contributed by atoms with Crippen molar-refractivity contribution in [3.63, 3.8) is 0 Å². The van der Waals surface area contributed by atoms with Crippen LogP contribution in [0.3, 0.4) is 0 Å². The predicted molar refractivity (Wildman–Crippen MR) is 92.3 cm³/mol. The Balaban J connectivity index is 1.43. The van der Waals surface area contributed by atoms with E-state index in [0.29, 0.717) is 6.54 Å². The lowest BCUT2D eigenvalue weighted by Crippen LogP contribution is -2.39. The Morgan fingerprint density at radius 2 is 2.24 bits per heavy atom. The molecule has 7 nitrogen and oxygen atoms in total. The fourth-order valence-electron chi connectivity index (χ4n) is 3.80. The van der Waals surface area contributed by atoms with Gasteiger partial charge < -0.3 is 19.5 Å². The number of rotatable bonds is 4. The van der Waals surface area contributed by atoms with E-state index in [1.807, 2.05) is 23.1 Å². The molecule has 2 aliphatic heterocycles. The van der Waals surface area contributed by atoms with Gasteiger partial charge in [0.2, 0.25) is 0 Å². The zero-order valence-electron chi connectivity index (χ0n) is 14.4. The van der Waals surface area contributed by atoms with Gasteiger partial charge in [-0.3, -0.25) is 0 Å². The van der Waals surface area contributed by atoms with Crippen LogP contribution in [0, 0.1) is 0 Å². The molecular weight excluding hydrogens is 318 g/mol. The summed E-state index contributed by atoms with van der Waals surface area (Å²) in [4.78, 5) is 14.6. The molecule has 2 amide bonds. The molecule has 0 unspecified atom stereocenters. The van der Waals surface area contributed by atoms with Crippen molar-refractivity contribution in [2.45, 2.75) is 44.8 Å². The number of methoxy groups -OCH3 is 1. The lowest BCUT2D eigenvalue weighted by Gasteiger charge is -2.25. The normalized spacial score (nSPS) is 19.1. The van der Waals surface area contributed by atoms with E-state index in [1.165, 1.54) is 0 Å². The molecule has 2 aliphatic rings. The number of aryl methyl sites for hydroxylation is 1. The molecule has 132 valence electrons. The number of nitrogens with zero attached hydrogens (tertiary/aromatic N) is 4. The molecule has 0 aliphatic carbocycles. The van der Waals surface area contributed by atoms with Crippen LogP contribution in [-0.2, 0) is 19.5 Å². The number of amides is 2. The summed E-state index contributed by atoms with van der Waals surface area (Å²) in [5.74, 6) is 2.70. The summed E-state index contributed by atoms with van der Waals surface area (Å²) in [5.41, 5.74) is 1.12. The number of likely N-dealkylation sites (tertiary alicyclic amines) is 1. The lowest BCUT2D eigenvalue weighted by molar-refractivity contribution is 0.192. The van der Waals surface area contributed by atoms with E-state index in [4.69, 9.17) is 4.74 Å². The van der Waals surface area contributed by atoms with Gasteiger partial charge in [0.1, 0.15) is 11.6 Å². The van der Waals surface area contributed by atoms with Crippen molar-refractivity contribution in [3.8, 4) is 5.75 Å². The summed E-state index contributed by atoms with van der Waals surface area (Å²) in [6.45, 7) is 2.14. The molecule has 1 atom stereocenters. The van der Waals surface area contributed by atoms with E-state index < -0.39 is 0 Å². The Kier molecular flexibility index (Phi) is 4.29. The first-order valence-corrected chi connectivity index (χ1v) is 8.85. The number of benzene rings is 1. The topological polar surface area (TPSA) is 72.3 Å². The fraction of sp³-hybridized carbons (Fsp3) is 0.500. The molecular formula is C18H23N5O2. The summed E-state index contributed by atoms with van der Waals surface area (Å²) in [6, 6.07) is 8.03. The van der Waals surface area contributed by atoms with Gasteiger partial charge in [-0.15, -0.1) is 10.2 Å². The number of hydrogen-bond acceptors (Lipinski definition) is 4. The van der Waals surface area contributed by atoms with E-state index in [-0.39, 0.29) is 12.1 Å². The minimum atomic E-state index is -0.0410. The smallest absolute Gasteiger partial charge is 0.318 e. The van der Waals surface area contributed by atoms with Crippen LogP contribution in [0.15, 0.2) is 24.3 Å². The molecule has 0 radical (unpaired) electrons. The third-order valence-electron chi connectivity index (χ3n) is 5.08. The number of urea groups is 1. The monoisotopic (exact) mass is 341 g/mol. The van der Waals surface area contributed by atoms with E-state index >= 15 is 0 Å². The maximum Gasteiger partial charge on any atom is 0.318 e. The highest BCUT2D eigenvalue weighted by atomic mass is 16.5. The number of ether oxygens (including phenoxy) is 1. The van der Waals surface area contributed by atoms with Crippen molar-refractivity contribution in [2.75, 3.05) is 13.7 Å². The zero-order chi connectivity index (χ0) is 17.2. The second-order valence-corrected chi connectivity index (χ2v) is 6.57. The van der Waals surface area contributed by atoms with Crippen LogP contribution in [0.5, 0.6) is 5.75 Å². The number of nitrogens with one attached hydrogen (secondary N) is 1. The molecule has 0 spiro atoms. The Hall–Kier alpha value is -2.57. The first kappa shape index (κ1) is 15.9. The fourth-order valence-corrected chi connectivity index (χ4v) is 3.80. The quantitative estimate of drug-likeness (QED) is 0.926. The maximum absolute atomic E-state index is 12.7. The average molecular weight is 341 g/mol. The van der Waals surface area contributed by atoms with Gasteiger partial charge in [-0.25, -0.2) is 4.79 Å². The summed E-state index contributed by atoms with van der Waals surface area (Å²) in [6.07, 6.45) is 4.07. The highest BCUT2D eigenvalue weighted by molar-refractivity contribution is 5.75. The SMILES string of the molecule is COc1cccc([C@H]2CCCN2C(=O)NCc2nnc3n2CCC3)c1. The van der Waals surface area contributed by atoms with Gasteiger partial charge >= 0.3 is 6.03 Å². The molecule has 1 aromatic heterocycles. The number of fused-ring (bicyclic) bond motifs is 1. The zero-order valence-corrected chi connectivity index (χ0v) is 14.4. The van der Waals surface area contributed by atoms with Gasteiger partial charge in [0.05, 0.1) is 19.7 Å². The Labute approximate surface area is 147 Å². The standard InChI is InChI=1S/C18H23N5O2/c1-25-14-6-2-5-13(11-14)15-7-3-9-22(15)18(24)19-12-17-21-20-16-8-4-10-23(16)17/h2,5-6,11,15H,3-4,7-10,12H2,1H3,(H,19,24)/t15-/m1/s1. The van der Waals surface area contributed by atoms with Crippen molar-refractivity contribution in [1.29, 1.82) is 0 Å². The summed E-state index contributed by atoms with van der Waals surface area (Å²) < 4.78 is 7.43. The van der Waals surface area contributed by atoms with Crippen LogP contribution in [-0.4, -0.2) is 39.4 Å². The predicted octanol–water partition coefficient (Wildman–Crippen LogP) is 2.28. The number of hydrogen-bond donors (Lipinski definition) is 1. The van der Waals surface area contributed by atoms with Crippen LogP contribution in [0.2, 0.25) is 0 Å². The van der Waals surface area contributed by atoms with Gasteiger partial charge in [-0.1, -0.05) is 12.1 Å². The van der Waals surface area contributed by atoms with E-state index in [2.05, 4.69) is 26.1 Å². The maximum atomic E-state index is 12.7.